The fraction of sp³-hybridized carbons (Fsp3) is 0.296. The van der Waals surface area contributed by atoms with Crippen molar-refractivity contribution in [1.29, 1.82) is 0 Å². The number of aromatic amines is 1. The molecule has 2 heterocycles. The first-order valence-electron chi connectivity index (χ1n) is 11.4. The van der Waals surface area contributed by atoms with Crippen LogP contribution in [0.1, 0.15) is 49.8 Å². The summed E-state index contributed by atoms with van der Waals surface area (Å²) in [5.41, 5.74) is 5.95. The number of rotatable bonds is 7. The SMILES string of the molecule is CCC(Sc1nc2scc(-c3ccc(C(C)C)cc3)c2c(=O)[nH]1)C(=O)Nc1cc(C)cc(C)c1. The molecule has 2 aromatic carbocycles. The van der Waals surface area contributed by atoms with Crippen LogP contribution in [-0.2, 0) is 4.79 Å². The molecule has 4 aromatic rings. The smallest absolute Gasteiger partial charge is 0.260 e. The van der Waals surface area contributed by atoms with E-state index in [1.807, 2.05) is 38.3 Å². The van der Waals surface area contributed by atoms with Crippen molar-refractivity contribution in [3.8, 4) is 11.1 Å². The van der Waals surface area contributed by atoms with Crippen LogP contribution in [0.3, 0.4) is 0 Å². The monoisotopic (exact) mass is 491 g/mol. The number of hydrogen-bond donors (Lipinski definition) is 2. The number of nitrogens with zero attached hydrogens (tertiary/aromatic N) is 1. The zero-order valence-electron chi connectivity index (χ0n) is 20.1. The molecule has 1 amide bonds. The first-order valence-corrected chi connectivity index (χ1v) is 13.2. The zero-order valence-corrected chi connectivity index (χ0v) is 21.7. The highest BCUT2D eigenvalue weighted by atomic mass is 32.2. The molecule has 0 aliphatic heterocycles. The van der Waals surface area contributed by atoms with Crippen molar-refractivity contribution in [2.45, 2.75) is 57.4 Å². The third-order valence-electron chi connectivity index (χ3n) is 5.72. The summed E-state index contributed by atoms with van der Waals surface area (Å²) in [6, 6.07) is 14.3. The van der Waals surface area contributed by atoms with Gasteiger partial charge in [-0.15, -0.1) is 11.3 Å². The number of thiophene rings is 1. The van der Waals surface area contributed by atoms with Crippen molar-refractivity contribution in [2.24, 2.45) is 0 Å². The highest BCUT2D eigenvalue weighted by Crippen LogP contribution is 2.33. The van der Waals surface area contributed by atoms with E-state index in [0.717, 1.165) is 27.9 Å². The normalized spacial score (nSPS) is 12.3. The van der Waals surface area contributed by atoms with Gasteiger partial charge in [0.15, 0.2) is 5.16 Å². The number of nitrogens with one attached hydrogen (secondary N) is 2. The largest absolute Gasteiger partial charge is 0.325 e. The number of aryl methyl sites for hydroxylation is 2. The van der Waals surface area contributed by atoms with Gasteiger partial charge < -0.3 is 10.3 Å². The summed E-state index contributed by atoms with van der Waals surface area (Å²) in [5.74, 6) is 0.355. The molecular formula is C27H29N3O2S2. The Morgan fingerprint density at radius 3 is 2.41 bits per heavy atom. The number of carbonyl (C=O) groups is 1. The Balaban J connectivity index is 1.57. The van der Waals surface area contributed by atoms with E-state index in [4.69, 9.17) is 0 Å². The summed E-state index contributed by atoms with van der Waals surface area (Å²) in [4.78, 5) is 34.2. The lowest BCUT2D eigenvalue weighted by Gasteiger charge is -2.15. The third kappa shape index (κ3) is 5.26. The van der Waals surface area contributed by atoms with Crippen LogP contribution in [0.2, 0.25) is 0 Å². The fourth-order valence-electron chi connectivity index (χ4n) is 3.97. The molecule has 0 fully saturated rings. The van der Waals surface area contributed by atoms with E-state index in [-0.39, 0.29) is 16.7 Å². The maximum atomic E-state index is 13.0. The molecule has 0 bridgehead atoms. The summed E-state index contributed by atoms with van der Waals surface area (Å²) >= 11 is 2.74. The van der Waals surface area contributed by atoms with Crippen LogP contribution in [-0.4, -0.2) is 21.1 Å². The Morgan fingerprint density at radius 1 is 1.12 bits per heavy atom. The lowest BCUT2D eigenvalue weighted by molar-refractivity contribution is -0.115. The average molecular weight is 492 g/mol. The number of anilines is 1. The standard InChI is InChI=1S/C27H29N3O2S2/c1-6-22(24(31)28-20-12-16(4)11-17(5)13-20)34-27-29-25(32)23-21(14-33-26(23)30-27)19-9-7-18(8-10-19)15(2)3/h7-15,22H,6H2,1-5H3,(H,28,31)(H,29,30,32). The quantitative estimate of drug-likeness (QED) is 0.218. The Hall–Kier alpha value is -2.90. The van der Waals surface area contributed by atoms with Crippen LogP contribution in [0.25, 0.3) is 21.3 Å². The minimum absolute atomic E-state index is 0.0997. The molecule has 1 atom stereocenters. The summed E-state index contributed by atoms with van der Waals surface area (Å²) in [7, 11) is 0. The lowest BCUT2D eigenvalue weighted by Crippen LogP contribution is -2.25. The minimum atomic E-state index is -0.371. The molecule has 0 saturated carbocycles. The first-order chi connectivity index (χ1) is 16.2. The van der Waals surface area contributed by atoms with Crippen LogP contribution in [0.5, 0.6) is 0 Å². The molecule has 0 radical (unpaired) electrons. The molecule has 1 unspecified atom stereocenters. The maximum absolute atomic E-state index is 13.0. The van der Waals surface area contributed by atoms with Crippen LogP contribution in [0.4, 0.5) is 5.69 Å². The average Bonchev–Trinajstić information content (AvgIpc) is 3.21. The van der Waals surface area contributed by atoms with Gasteiger partial charge in [0, 0.05) is 16.6 Å². The Kier molecular flexibility index (Phi) is 7.24. The molecule has 5 nitrogen and oxygen atoms in total. The minimum Gasteiger partial charge on any atom is -0.325 e. The van der Waals surface area contributed by atoms with Gasteiger partial charge in [-0.2, -0.15) is 0 Å². The van der Waals surface area contributed by atoms with Crippen LogP contribution in [0, 0.1) is 13.8 Å². The summed E-state index contributed by atoms with van der Waals surface area (Å²) in [6.45, 7) is 10.3. The lowest BCUT2D eigenvalue weighted by atomic mass is 9.99. The molecule has 176 valence electrons. The van der Waals surface area contributed by atoms with E-state index < -0.39 is 0 Å². The predicted octanol–water partition coefficient (Wildman–Crippen LogP) is 6.90. The van der Waals surface area contributed by atoms with E-state index in [0.29, 0.717) is 27.7 Å². The number of carbonyl (C=O) groups excluding carboxylic acids is 1. The molecule has 0 saturated heterocycles. The molecular weight excluding hydrogens is 462 g/mol. The second-order valence-corrected chi connectivity index (χ2v) is 10.9. The number of fused-ring (bicyclic) bond motifs is 1. The molecule has 34 heavy (non-hydrogen) atoms. The summed E-state index contributed by atoms with van der Waals surface area (Å²) < 4.78 is 0. The van der Waals surface area contributed by atoms with Crippen molar-refractivity contribution in [1.82, 2.24) is 9.97 Å². The van der Waals surface area contributed by atoms with Crippen LogP contribution >= 0.6 is 23.1 Å². The maximum Gasteiger partial charge on any atom is 0.260 e. The van der Waals surface area contributed by atoms with Gasteiger partial charge >= 0.3 is 0 Å². The van der Waals surface area contributed by atoms with Gasteiger partial charge in [-0.25, -0.2) is 4.98 Å². The number of H-pyrrole nitrogens is 1. The molecule has 0 spiro atoms. The van der Waals surface area contributed by atoms with Gasteiger partial charge in [-0.1, -0.05) is 62.9 Å². The summed E-state index contributed by atoms with van der Waals surface area (Å²) in [6.07, 6.45) is 0.612. The molecule has 4 rings (SSSR count). The Morgan fingerprint density at radius 2 is 1.79 bits per heavy atom. The molecule has 7 heteroatoms. The predicted molar refractivity (Wildman–Crippen MR) is 144 cm³/mol. The molecule has 0 aliphatic carbocycles. The van der Waals surface area contributed by atoms with Gasteiger partial charge in [0.05, 0.1) is 10.6 Å². The van der Waals surface area contributed by atoms with Gasteiger partial charge in [0.2, 0.25) is 5.91 Å². The second kappa shape index (κ2) is 10.2. The van der Waals surface area contributed by atoms with Gasteiger partial charge in [-0.3, -0.25) is 9.59 Å². The van der Waals surface area contributed by atoms with Crippen molar-refractivity contribution >= 4 is 44.9 Å². The summed E-state index contributed by atoms with van der Waals surface area (Å²) in [5, 5.41) is 5.68. The van der Waals surface area contributed by atoms with Crippen molar-refractivity contribution in [3.63, 3.8) is 0 Å². The number of thioether (sulfide) groups is 1. The second-order valence-electron chi connectivity index (χ2n) is 8.86. The third-order valence-corrected chi connectivity index (χ3v) is 7.84. The van der Waals surface area contributed by atoms with Crippen molar-refractivity contribution in [3.05, 3.63) is 74.9 Å². The molecule has 2 N–H and O–H groups in total. The van der Waals surface area contributed by atoms with Gasteiger partial charge in [0.1, 0.15) is 4.83 Å². The Labute approximate surface area is 208 Å². The highest BCUT2D eigenvalue weighted by Gasteiger charge is 2.21. The fourth-order valence-corrected chi connectivity index (χ4v) is 5.88. The van der Waals surface area contributed by atoms with E-state index in [1.165, 1.54) is 28.7 Å². The Bertz CT molecular complexity index is 1370. The topological polar surface area (TPSA) is 74.8 Å². The highest BCUT2D eigenvalue weighted by molar-refractivity contribution is 8.00. The van der Waals surface area contributed by atoms with E-state index in [2.05, 4.69) is 59.5 Å². The van der Waals surface area contributed by atoms with Crippen LogP contribution in [0.15, 0.2) is 57.8 Å². The number of hydrogen-bond acceptors (Lipinski definition) is 5. The van der Waals surface area contributed by atoms with Gasteiger partial charge in [0.25, 0.3) is 5.56 Å². The van der Waals surface area contributed by atoms with E-state index >= 15 is 0 Å². The van der Waals surface area contributed by atoms with Crippen LogP contribution < -0.4 is 10.9 Å². The van der Waals surface area contributed by atoms with Crippen molar-refractivity contribution < 1.29 is 4.79 Å². The van der Waals surface area contributed by atoms with E-state index in [1.54, 1.807) is 0 Å². The number of benzene rings is 2. The van der Waals surface area contributed by atoms with Gasteiger partial charge in [-0.05, 0) is 60.6 Å². The number of aromatic nitrogens is 2. The van der Waals surface area contributed by atoms with Crippen molar-refractivity contribution in [2.75, 3.05) is 5.32 Å². The number of amides is 1. The molecule has 2 aromatic heterocycles. The zero-order chi connectivity index (χ0) is 24.4. The first kappa shape index (κ1) is 24.2. The molecule has 0 aliphatic rings. The van der Waals surface area contributed by atoms with E-state index in [9.17, 15) is 9.59 Å².